The van der Waals surface area contributed by atoms with Crippen LogP contribution in [0.15, 0.2) is 35.0 Å². The second-order valence-corrected chi connectivity index (χ2v) is 4.53. The summed E-state index contributed by atoms with van der Waals surface area (Å²) in [4.78, 5) is 11.9. The fourth-order valence-corrected chi connectivity index (χ4v) is 2.22. The summed E-state index contributed by atoms with van der Waals surface area (Å²) < 4.78 is 5.22. The van der Waals surface area contributed by atoms with E-state index in [0.29, 0.717) is 11.3 Å². The quantitative estimate of drug-likeness (QED) is 0.670. The SMILES string of the molecule is Cc1cccc(N)c1C(=O)OCc1ccsc1. The largest absolute Gasteiger partial charge is 0.457 e. The van der Waals surface area contributed by atoms with Crippen molar-refractivity contribution in [3.63, 3.8) is 0 Å². The molecule has 0 saturated carbocycles. The van der Waals surface area contributed by atoms with Crippen molar-refractivity contribution < 1.29 is 9.53 Å². The number of benzene rings is 1. The Balaban J connectivity index is 2.10. The minimum Gasteiger partial charge on any atom is -0.457 e. The number of hydrogen-bond acceptors (Lipinski definition) is 4. The molecule has 1 heterocycles. The first-order chi connectivity index (χ1) is 8.18. The topological polar surface area (TPSA) is 52.3 Å². The molecule has 17 heavy (non-hydrogen) atoms. The number of carbonyl (C=O) groups excluding carboxylic acids is 1. The molecule has 0 amide bonds. The van der Waals surface area contributed by atoms with E-state index < -0.39 is 0 Å². The van der Waals surface area contributed by atoms with Gasteiger partial charge in [-0.25, -0.2) is 4.79 Å². The van der Waals surface area contributed by atoms with Crippen LogP contribution in [0.1, 0.15) is 21.5 Å². The average molecular weight is 247 g/mol. The molecule has 0 spiro atoms. The number of nitrogen functional groups attached to an aromatic ring is 1. The monoisotopic (exact) mass is 247 g/mol. The van der Waals surface area contributed by atoms with Crippen molar-refractivity contribution in [2.75, 3.05) is 5.73 Å². The van der Waals surface area contributed by atoms with Gasteiger partial charge in [-0.3, -0.25) is 0 Å². The van der Waals surface area contributed by atoms with E-state index in [1.807, 2.05) is 35.9 Å². The van der Waals surface area contributed by atoms with Gasteiger partial charge >= 0.3 is 5.97 Å². The molecule has 0 bridgehead atoms. The Morgan fingerprint density at radius 3 is 2.88 bits per heavy atom. The van der Waals surface area contributed by atoms with Crippen LogP contribution in [0.4, 0.5) is 5.69 Å². The highest BCUT2D eigenvalue weighted by Crippen LogP contribution is 2.18. The Hall–Kier alpha value is -1.81. The van der Waals surface area contributed by atoms with Crippen LogP contribution < -0.4 is 5.73 Å². The Labute approximate surface area is 104 Å². The van der Waals surface area contributed by atoms with Crippen LogP contribution >= 0.6 is 11.3 Å². The second kappa shape index (κ2) is 5.01. The first-order valence-electron chi connectivity index (χ1n) is 5.22. The number of esters is 1. The van der Waals surface area contributed by atoms with Gasteiger partial charge in [-0.2, -0.15) is 11.3 Å². The zero-order valence-electron chi connectivity index (χ0n) is 9.47. The van der Waals surface area contributed by atoms with Gasteiger partial charge in [0.25, 0.3) is 0 Å². The first-order valence-corrected chi connectivity index (χ1v) is 6.16. The molecular formula is C13H13NO2S. The van der Waals surface area contributed by atoms with E-state index in [9.17, 15) is 4.79 Å². The van der Waals surface area contributed by atoms with E-state index in [-0.39, 0.29) is 12.6 Å². The van der Waals surface area contributed by atoms with Crippen molar-refractivity contribution in [3.05, 3.63) is 51.7 Å². The van der Waals surface area contributed by atoms with Crippen LogP contribution in [0.3, 0.4) is 0 Å². The lowest BCUT2D eigenvalue weighted by Gasteiger charge is -2.08. The lowest BCUT2D eigenvalue weighted by molar-refractivity contribution is 0.0473. The summed E-state index contributed by atoms with van der Waals surface area (Å²) in [5.74, 6) is -0.369. The zero-order valence-corrected chi connectivity index (χ0v) is 10.3. The van der Waals surface area contributed by atoms with Gasteiger partial charge in [0.15, 0.2) is 0 Å². The number of hydrogen-bond donors (Lipinski definition) is 1. The number of ether oxygens (including phenoxy) is 1. The molecule has 3 nitrogen and oxygen atoms in total. The Morgan fingerprint density at radius 1 is 1.41 bits per heavy atom. The molecule has 88 valence electrons. The third-order valence-electron chi connectivity index (χ3n) is 2.46. The fraction of sp³-hybridized carbons (Fsp3) is 0.154. The first kappa shape index (κ1) is 11.7. The molecule has 0 aliphatic rings. The Kier molecular flexibility index (Phi) is 3.44. The van der Waals surface area contributed by atoms with Crippen LogP contribution in [0.5, 0.6) is 0 Å². The average Bonchev–Trinajstić information content (AvgIpc) is 2.79. The number of rotatable bonds is 3. The third kappa shape index (κ3) is 2.65. The van der Waals surface area contributed by atoms with E-state index in [2.05, 4.69) is 0 Å². The molecule has 0 atom stereocenters. The molecule has 0 unspecified atom stereocenters. The van der Waals surface area contributed by atoms with Crippen molar-refractivity contribution in [2.24, 2.45) is 0 Å². The summed E-state index contributed by atoms with van der Waals surface area (Å²) >= 11 is 1.58. The summed E-state index contributed by atoms with van der Waals surface area (Å²) in [5.41, 5.74) is 8.52. The van der Waals surface area contributed by atoms with Gasteiger partial charge in [0.05, 0.1) is 5.56 Å². The molecule has 0 fully saturated rings. The molecule has 2 N–H and O–H groups in total. The van der Waals surface area contributed by atoms with Crippen LogP contribution in [0.25, 0.3) is 0 Å². The number of thiophene rings is 1. The molecule has 0 aliphatic carbocycles. The van der Waals surface area contributed by atoms with E-state index in [1.165, 1.54) is 0 Å². The summed E-state index contributed by atoms with van der Waals surface area (Å²) in [7, 11) is 0. The highest BCUT2D eigenvalue weighted by molar-refractivity contribution is 7.07. The van der Waals surface area contributed by atoms with Crippen molar-refractivity contribution in [1.29, 1.82) is 0 Å². The molecule has 0 saturated heterocycles. The number of anilines is 1. The molecule has 1 aromatic carbocycles. The van der Waals surface area contributed by atoms with Gasteiger partial charge in [0.2, 0.25) is 0 Å². The number of carbonyl (C=O) groups is 1. The number of aryl methyl sites for hydroxylation is 1. The molecule has 0 aliphatic heterocycles. The lowest BCUT2D eigenvalue weighted by atomic mass is 10.1. The van der Waals surface area contributed by atoms with E-state index >= 15 is 0 Å². The van der Waals surface area contributed by atoms with Crippen LogP contribution in [0, 0.1) is 6.92 Å². The van der Waals surface area contributed by atoms with Gasteiger partial charge < -0.3 is 10.5 Å². The summed E-state index contributed by atoms with van der Waals surface area (Å²) in [5, 5.41) is 3.90. The van der Waals surface area contributed by atoms with Crippen LogP contribution in [-0.2, 0) is 11.3 Å². The van der Waals surface area contributed by atoms with E-state index in [0.717, 1.165) is 11.1 Å². The van der Waals surface area contributed by atoms with Crippen molar-refractivity contribution in [1.82, 2.24) is 0 Å². The fourth-order valence-electron chi connectivity index (χ4n) is 1.57. The normalized spacial score (nSPS) is 10.2. The Morgan fingerprint density at radius 2 is 2.24 bits per heavy atom. The minimum atomic E-state index is -0.369. The van der Waals surface area contributed by atoms with Crippen molar-refractivity contribution in [3.8, 4) is 0 Å². The maximum Gasteiger partial charge on any atom is 0.340 e. The van der Waals surface area contributed by atoms with Crippen LogP contribution in [0.2, 0.25) is 0 Å². The molecule has 2 rings (SSSR count). The van der Waals surface area contributed by atoms with Crippen molar-refractivity contribution in [2.45, 2.75) is 13.5 Å². The van der Waals surface area contributed by atoms with Gasteiger partial charge in [0.1, 0.15) is 6.61 Å². The highest BCUT2D eigenvalue weighted by atomic mass is 32.1. The van der Waals surface area contributed by atoms with Crippen molar-refractivity contribution >= 4 is 23.0 Å². The minimum absolute atomic E-state index is 0.288. The summed E-state index contributed by atoms with van der Waals surface area (Å²) in [6, 6.07) is 7.30. The predicted molar refractivity (Wildman–Crippen MR) is 69.0 cm³/mol. The molecule has 0 radical (unpaired) electrons. The van der Waals surface area contributed by atoms with Crippen LogP contribution in [-0.4, -0.2) is 5.97 Å². The van der Waals surface area contributed by atoms with Gasteiger partial charge in [-0.05, 0) is 35.4 Å². The van der Waals surface area contributed by atoms with E-state index in [4.69, 9.17) is 10.5 Å². The smallest absolute Gasteiger partial charge is 0.340 e. The highest BCUT2D eigenvalue weighted by Gasteiger charge is 2.13. The predicted octanol–water partition coefficient (Wildman–Crippen LogP) is 3.00. The summed E-state index contributed by atoms with van der Waals surface area (Å²) in [6.07, 6.45) is 0. The third-order valence-corrected chi connectivity index (χ3v) is 3.19. The lowest BCUT2D eigenvalue weighted by Crippen LogP contribution is -2.09. The number of nitrogens with two attached hydrogens (primary N) is 1. The summed E-state index contributed by atoms with van der Waals surface area (Å²) in [6.45, 7) is 2.13. The zero-order chi connectivity index (χ0) is 12.3. The standard InChI is InChI=1S/C13H13NO2S/c1-9-3-2-4-11(14)12(9)13(15)16-7-10-5-6-17-8-10/h2-6,8H,7,14H2,1H3. The molecule has 4 heteroatoms. The molecule has 2 aromatic rings. The molecule has 1 aromatic heterocycles. The Bertz CT molecular complexity index is 500. The van der Waals surface area contributed by atoms with Gasteiger partial charge in [0, 0.05) is 11.3 Å². The van der Waals surface area contributed by atoms with E-state index in [1.54, 1.807) is 17.4 Å². The maximum atomic E-state index is 11.9. The molecular weight excluding hydrogens is 234 g/mol. The van der Waals surface area contributed by atoms with Gasteiger partial charge in [-0.1, -0.05) is 12.1 Å². The maximum absolute atomic E-state index is 11.9. The van der Waals surface area contributed by atoms with Gasteiger partial charge in [-0.15, -0.1) is 0 Å². The second-order valence-electron chi connectivity index (χ2n) is 3.75.